The van der Waals surface area contributed by atoms with Crippen LogP contribution in [-0.4, -0.2) is 23.8 Å². The Morgan fingerprint density at radius 1 is 1.07 bits per heavy atom. The fourth-order valence-electron chi connectivity index (χ4n) is 3.12. The Hall–Kier alpha value is -0.0800. The van der Waals surface area contributed by atoms with Crippen LogP contribution < -0.4 is 5.32 Å². The number of nitrogens with one attached hydrogen (secondary N) is 1. The Kier molecular flexibility index (Phi) is 3.68. The molecule has 1 saturated heterocycles. The molecule has 1 saturated carbocycles. The highest BCUT2D eigenvalue weighted by molar-refractivity contribution is 4.83. The molecule has 1 aliphatic carbocycles. The third-order valence-corrected chi connectivity index (χ3v) is 4.31. The van der Waals surface area contributed by atoms with E-state index < -0.39 is 0 Å². The molecule has 0 aromatic heterocycles. The summed E-state index contributed by atoms with van der Waals surface area (Å²) in [6, 6.07) is 0. The summed E-state index contributed by atoms with van der Waals surface area (Å²) in [5.74, 6) is 1.85. The molecule has 0 aromatic carbocycles. The highest BCUT2D eigenvalue weighted by atomic mass is 16.3. The van der Waals surface area contributed by atoms with Gasteiger partial charge in [0.1, 0.15) is 0 Å². The van der Waals surface area contributed by atoms with Crippen LogP contribution in [0.2, 0.25) is 0 Å². The van der Waals surface area contributed by atoms with Gasteiger partial charge in [-0.1, -0.05) is 0 Å². The van der Waals surface area contributed by atoms with Crippen molar-refractivity contribution in [3.63, 3.8) is 0 Å². The molecular weight excluding hydrogens is 186 g/mol. The lowest BCUT2D eigenvalue weighted by atomic mass is 9.75. The molecule has 0 radical (unpaired) electrons. The first-order valence-electron chi connectivity index (χ1n) is 6.59. The zero-order valence-corrected chi connectivity index (χ0v) is 9.97. The van der Waals surface area contributed by atoms with E-state index in [4.69, 9.17) is 0 Å². The van der Waals surface area contributed by atoms with Gasteiger partial charge >= 0.3 is 0 Å². The quantitative estimate of drug-likeness (QED) is 0.734. The molecule has 0 amide bonds. The lowest BCUT2D eigenvalue weighted by Crippen LogP contribution is -2.33. The van der Waals surface area contributed by atoms with Crippen molar-refractivity contribution in [3.05, 3.63) is 0 Å². The zero-order valence-electron chi connectivity index (χ0n) is 9.97. The van der Waals surface area contributed by atoms with E-state index in [1.165, 1.54) is 45.2 Å². The van der Waals surface area contributed by atoms with Gasteiger partial charge in [0.2, 0.25) is 0 Å². The third-order valence-electron chi connectivity index (χ3n) is 4.31. The molecule has 0 unspecified atom stereocenters. The molecule has 0 spiro atoms. The Morgan fingerprint density at radius 2 is 1.60 bits per heavy atom. The van der Waals surface area contributed by atoms with Crippen LogP contribution in [0.5, 0.6) is 0 Å². The molecule has 2 heteroatoms. The van der Waals surface area contributed by atoms with Gasteiger partial charge in [0.05, 0.1) is 5.60 Å². The van der Waals surface area contributed by atoms with Crippen molar-refractivity contribution in [2.24, 2.45) is 11.8 Å². The average molecular weight is 211 g/mol. The van der Waals surface area contributed by atoms with E-state index in [0.717, 1.165) is 24.7 Å². The monoisotopic (exact) mass is 211 g/mol. The molecule has 0 bridgehead atoms. The van der Waals surface area contributed by atoms with Gasteiger partial charge in [0.15, 0.2) is 0 Å². The van der Waals surface area contributed by atoms with E-state index in [1.54, 1.807) is 0 Å². The molecule has 0 atom stereocenters. The van der Waals surface area contributed by atoms with Gasteiger partial charge < -0.3 is 10.4 Å². The molecule has 2 nitrogen and oxygen atoms in total. The minimum atomic E-state index is -0.357. The lowest BCUT2D eigenvalue weighted by Gasteiger charge is -2.35. The minimum Gasteiger partial charge on any atom is -0.390 e. The topological polar surface area (TPSA) is 32.3 Å². The van der Waals surface area contributed by atoms with E-state index in [9.17, 15) is 5.11 Å². The van der Waals surface area contributed by atoms with Gasteiger partial charge in [-0.3, -0.25) is 0 Å². The summed E-state index contributed by atoms with van der Waals surface area (Å²) in [5.41, 5.74) is -0.357. The maximum Gasteiger partial charge on any atom is 0.0620 e. The molecule has 1 aliphatic heterocycles. The Morgan fingerprint density at radius 3 is 2.20 bits per heavy atom. The van der Waals surface area contributed by atoms with Gasteiger partial charge in [0.25, 0.3) is 0 Å². The Labute approximate surface area is 93.5 Å². The van der Waals surface area contributed by atoms with Crippen molar-refractivity contribution in [2.45, 2.75) is 57.5 Å². The summed E-state index contributed by atoms with van der Waals surface area (Å²) in [7, 11) is 0. The zero-order chi connectivity index (χ0) is 10.7. The first kappa shape index (κ1) is 11.4. The van der Waals surface area contributed by atoms with Gasteiger partial charge in [-0.25, -0.2) is 0 Å². The molecule has 2 fully saturated rings. The van der Waals surface area contributed by atoms with Crippen molar-refractivity contribution >= 4 is 0 Å². The standard InChI is InChI=1S/C13H25NO/c1-13(15)6-2-11(3-7-13)10-12-4-8-14-9-5-12/h11-12,14-15H,2-10H2,1H3. The van der Waals surface area contributed by atoms with Crippen LogP contribution in [0.1, 0.15) is 51.9 Å². The van der Waals surface area contributed by atoms with E-state index in [-0.39, 0.29) is 5.60 Å². The van der Waals surface area contributed by atoms with Crippen molar-refractivity contribution in [3.8, 4) is 0 Å². The van der Waals surface area contributed by atoms with Gasteiger partial charge in [0, 0.05) is 0 Å². The molecule has 0 aromatic rings. The molecule has 2 aliphatic rings. The van der Waals surface area contributed by atoms with Gasteiger partial charge in [-0.2, -0.15) is 0 Å². The molecule has 15 heavy (non-hydrogen) atoms. The number of hydrogen-bond donors (Lipinski definition) is 2. The smallest absolute Gasteiger partial charge is 0.0620 e. The largest absolute Gasteiger partial charge is 0.390 e. The van der Waals surface area contributed by atoms with Crippen molar-refractivity contribution in [2.75, 3.05) is 13.1 Å². The van der Waals surface area contributed by atoms with Crippen LogP contribution in [0.4, 0.5) is 0 Å². The first-order valence-corrected chi connectivity index (χ1v) is 6.59. The molecule has 1 heterocycles. The molecular formula is C13H25NO. The summed E-state index contributed by atoms with van der Waals surface area (Å²) >= 11 is 0. The van der Waals surface area contributed by atoms with Crippen LogP contribution >= 0.6 is 0 Å². The maximum atomic E-state index is 9.89. The van der Waals surface area contributed by atoms with E-state index in [2.05, 4.69) is 5.32 Å². The average Bonchev–Trinajstić information content (AvgIpc) is 2.23. The normalized spacial score (nSPS) is 39.2. The number of rotatable bonds is 2. The number of piperidine rings is 1. The SMILES string of the molecule is CC1(O)CCC(CC2CCNCC2)CC1. The summed E-state index contributed by atoms with van der Waals surface area (Å²) in [4.78, 5) is 0. The van der Waals surface area contributed by atoms with Crippen LogP contribution in [0.25, 0.3) is 0 Å². The Bertz CT molecular complexity index is 187. The summed E-state index contributed by atoms with van der Waals surface area (Å²) in [6.07, 6.45) is 8.68. The maximum absolute atomic E-state index is 9.89. The first-order chi connectivity index (χ1) is 7.16. The number of aliphatic hydroxyl groups is 1. The van der Waals surface area contributed by atoms with Crippen LogP contribution in [0, 0.1) is 11.8 Å². The van der Waals surface area contributed by atoms with E-state index in [1.807, 2.05) is 6.92 Å². The van der Waals surface area contributed by atoms with Crippen molar-refractivity contribution in [1.82, 2.24) is 5.32 Å². The van der Waals surface area contributed by atoms with E-state index >= 15 is 0 Å². The minimum absolute atomic E-state index is 0.357. The highest BCUT2D eigenvalue weighted by Crippen LogP contribution is 2.36. The molecule has 2 N–H and O–H groups in total. The van der Waals surface area contributed by atoms with E-state index in [0.29, 0.717) is 0 Å². The molecule has 2 rings (SSSR count). The lowest BCUT2D eigenvalue weighted by molar-refractivity contribution is 0.00409. The second-order valence-electron chi connectivity index (χ2n) is 5.87. The summed E-state index contributed by atoms with van der Waals surface area (Å²) in [5, 5.41) is 13.3. The van der Waals surface area contributed by atoms with Gasteiger partial charge in [-0.15, -0.1) is 0 Å². The van der Waals surface area contributed by atoms with Crippen molar-refractivity contribution < 1.29 is 5.11 Å². The number of hydrogen-bond acceptors (Lipinski definition) is 2. The fraction of sp³-hybridized carbons (Fsp3) is 1.00. The van der Waals surface area contributed by atoms with Gasteiger partial charge in [-0.05, 0) is 76.8 Å². The van der Waals surface area contributed by atoms with Crippen LogP contribution in [0.3, 0.4) is 0 Å². The fourth-order valence-corrected chi connectivity index (χ4v) is 3.12. The summed E-state index contributed by atoms with van der Waals surface area (Å²) in [6.45, 7) is 4.43. The second kappa shape index (κ2) is 4.84. The van der Waals surface area contributed by atoms with Crippen LogP contribution in [-0.2, 0) is 0 Å². The second-order valence-corrected chi connectivity index (χ2v) is 5.87. The highest BCUT2D eigenvalue weighted by Gasteiger charge is 2.29. The predicted molar refractivity (Wildman–Crippen MR) is 62.8 cm³/mol. The summed E-state index contributed by atoms with van der Waals surface area (Å²) < 4.78 is 0. The molecule has 88 valence electrons. The Balaban J connectivity index is 1.71. The third kappa shape index (κ3) is 3.46. The van der Waals surface area contributed by atoms with Crippen molar-refractivity contribution in [1.29, 1.82) is 0 Å². The predicted octanol–water partition coefficient (Wildman–Crippen LogP) is 2.32. The van der Waals surface area contributed by atoms with Crippen LogP contribution in [0.15, 0.2) is 0 Å².